The average molecular weight is 238 g/mol. The molecule has 0 atom stereocenters. The number of carbonyl (C=O) groups is 1. The number of ketones is 1. The molecule has 3 nitrogen and oxygen atoms in total. The molecule has 0 aliphatic carbocycles. The standard InChI is InChI=1S/C10H10N2OS2/c11-10-12-7(6-15-10)4-8(13)5-9-2-1-3-14-9/h1-3,6H,4-5H2,(H2,11,12). The lowest BCUT2D eigenvalue weighted by atomic mass is 10.1. The van der Waals surface area contributed by atoms with Gasteiger partial charge in [-0.2, -0.15) is 0 Å². The third kappa shape index (κ3) is 2.87. The van der Waals surface area contributed by atoms with Crippen molar-refractivity contribution in [2.24, 2.45) is 0 Å². The number of thiophene rings is 1. The Morgan fingerprint density at radius 3 is 2.87 bits per heavy atom. The Kier molecular flexibility index (Phi) is 3.13. The predicted molar refractivity (Wildman–Crippen MR) is 63.3 cm³/mol. The second-order valence-corrected chi connectivity index (χ2v) is 5.07. The fraction of sp³-hybridized carbons (Fsp3) is 0.200. The molecule has 0 saturated carbocycles. The van der Waals surface area contributed by atoms with E-state index in [0.29, 0.717) is 18.0 Å². The summed E-state index contributed by atoms with van der Waals surface area (Å²) in [6.45, 7) is 0. The fourth-order valence-electron chi connectivity index (χ4n) is 1.28. The first-order chi connectivity index (χ1) is 7.24. The van der Waals surface area contributed by atoms with E-state index in [2.05, 4.69) is 4.98 Å². The van der Waals surface area contributed by atoms with Gasteiger partial charge in [-0.25, -0.2) is 4.98 Å². The van der Waals surface area contributed by atoms with E-state index in [0.717, 1.165) is 10.6 Å². The number of anilines is 1. The summed E-state index contributed by atoms with van der Waals surface area (Å²) in [4.78, 5) is 16.8. The van der Waals surface area contributed by atoms with Gasteiger partial charge < -0.3 is 5.73 Å². The number of nitrogens with two attached hydrogens (primary N) is 1. The summed E-state index contributed by atoms with van der Waals surface area (Å²) in [5, 5.41) is 4.33. The molecule has 2 aromatic heterocycles. The lowest BCUT2D eigenvalue weighted by molar-refractivity contribution is -0.117. The molecule has 5 heteroatoms. The van der Waals surface area contributed by atoms with Crippen molar-refractivity contribution in [2.75, 3.05) is 5.73 Å². The molecule has 0 aliphatic rings. The maximum atomic E-state index is 11.6. The monoisotopic (exact) mass is 238 g/mol. The summed E-state index contributed by atoms with van der Waals surface area (Å²) in [5.74, 6) is 0.183. The van der Waals surface area contributed by atoms with Crippen molar-refractivity contribution in [1.29, 1.82) is 0 Å². The first-order valence-corrected chi connectivity index (χ1v) is 6.24. The Bertz CT molecular complexity index is 448. The maximum absolute atomic E-state index is 11.6. The lowest BCUT2D eigenvalue weighted by Crippen LogP contribution is -2.05. The van der Waals surface area contributed by atoms with Crippen LogP contribution in [0.15, 0.2) is 22.9 Å². The van der Waals surface area contributed by atoms with Crippen molar-refractivity contribution in [1.82, 2.24) is 4.98 Å². The topological polar surface area (TPSA) is 56.0 Å². The third-order valence-corrected chi connectivity index (χ3v) is 3.50. The molecule has 0 aromatic carbocycles. The zero-order valence-electron chi connectivity index (χ0n) is 7.97. The Hall–Kier alpha value is -1.20. The summed E-state index contributed by atoms with van der Waals surface area (Å²) < 4.78 is 0. The molecule has 0 amide bonds. The van der Waals surface area contributed by atoms with Gasteiger partial charge in [0, 0.05) is 23.1 Å². The van der Waals surface area contributed by atoms with Crippen LogP contribution in [0.2, 0.25) is 0 Å². The van der Waals surface area contributed by atoms with Crippen LogP contribution in [0.25, 0.3) is 0 Å². The molecule has 78 valence electrons. The number of hydrogen-bond acceptors (Lipinski definition) is 5. The summed E-state index contributed by atoms with van der Waals surface area (Å²) in [7, 11) is 0. The highest BCUT2D eigenvalue weighted by Crippen LogP contribution is 2.14. The fourth-order valence-corrected chi connectivity index (χ4v) is 2.57. The van der Waals surface area contributed by atoms with Crippen molar-refractivity contribution in [3.05, 3.63) is 33.5 Å². The van der Waals surface area contributed by atoms with Gasteiger partial charge in [-0.3, -0.25) is 4.79 Å². The number of aromatic nitrogens is 1. The zero-order chi connectivity index (χ0) is 10.7. The molecule has 2 heterocycles. The van der Waals surface area contributed by atoms with Crippen molar-refractivity contribution in [2.45, 2.75) is 12.8 Å². The van der Waals surface area contributed by atoms with Crippen LogP contribution in [-0.2, 0) is 17.6 Å². The van der Waals surface area contributed by atoms with Gasteiger partial charge in [0.05, 0.1) is 5.69 Å². The van der Waals surface area contributed by atoms with E-state index in [-0.39, 0.29) is 5.78 Å². The first-order valence-electron chi connectivity index (χ1n) is 4.48. The number of Topliss-reactive ketones (excluding diaryl/α,β-unsaturated/α-hetero) is 1. The molecule has 0 saturated heterocycles. The molecule has 15 heavy (non-hydrogen) atoms. The summed E-state index contributed by atoms with van der Waals surface area (Å²) in [5.41, 5.74) is 6.27. The molecule has 2 aromatic rings. The van der Waals surface area contributed by atoms with Gasteiger partial charge in [0.1, 0.15) is 5.78 Å². The SMILES string of the molecule is Nc1nc(CC(=O)Cc2cccs2)cs1. The summed E-state index contributed by atoms with van der Waals surface area (Å²) in [6.07, 6.45) is 0.876. The van der Waals surface area contributed by atoms with Crippen LogP contribution < -0.4 is 5.73 Å². The van der Waals surface area contributed by atoms with Crippen molar-refractivity contribution in [3.8, 4) is 0 Å². The van der Waals surface area contributed by atoms with E-state index >= 15 is 0 Å². The minimum Gasteiger partial charge on any atom is -0.375 e. The molecular weight excluding hydrogens is 228 g/mol. The van der Waals surface area contributed by atoms with E-state index in [1.807, 2.05) is 22.9 Å². The van der Waals surface area contributed by atoms with E-state index < -0.39 is 0 Å². The van der Waals surface area contributed by atoms with Crippen LogP contribution in [-0.4, -0.2) is 10.8 Å². The molecule has 0 bridgehead atoms. The number of nitrogens with zero attached hydrogens (tertiary/aromatic N) is 1. The average Bonchev–Trinajstić information content (AvgIpc) is 2.77. The smallest absolute Gasteiger partial charge is 0.180 e. The quantitative estimate of drug-likeness (QED) is 0.887. The Balaban J connectivity index is 1.93. The largest absolute Gasteiger partial charge is 0.375 e. The summed E-state index contributed by atoms with van der Waals surface area (Å²) >= 11 is 2.98. The highest BCUT2D eigenvalue weighted by molar-refractivity contribution is 7.13. The molecule has 2 N–H and O–H groups in total. The Labute approximate surface area is 95.6 Å². The number of nitrogen functional groups attached to an aromatic ring is 1. The van der Waals surface area contributed by atoms with E-state index in [1.54, 1.807) is 11.3 Å². The number of hydrogen-bond donors (Lipinski definition) is 1. The normalized spacial score (nSPS) is 10.4. The second kappa shape index (κ2) is 4.55. The van der Waals surface area contributed by atoms with Crippen LogP contribution in [0.1, 0.15) is 10.6 Å². The van der Waals surface area contributed by atoms with Gasteiger partial charge >= 0.3 is 0 Å². The van der Waals surface area contributed by atoms with E-state index in [4.69, 9.17) is 5.73 Å². The van der Waals surface area contributed by atoms with E-state index in [1.165, 1.54) is 11.3 Å². The summed E-state index contributed by atoms with van der Waals surface area (Å²) in [6, 6.07) is 3.92. The van der Waals surface area contributed by atoms with Crippen LogP contribution in [0.4, 0.5) is 5.13 Å². The highest BCUT2D eigenvalue weighted by Gasteiger charge is 2.08. The minimum atomic E-state index is 0.183. The number of carbonyl (C=O) groups excluding carboxylic acids is 1. The highest BCUT2D eigenvalue weighted by atomic mass is 32.1. The van der Waals surface area contributed by atoms with E-state index in [9.17, 15) is 4.79 Å². The lowest BCUT2D eigenvalue weighted by Gasteiger charge is -1.95. The van der Waals surface area contributed by atoms with Crippen LogP contribution in [0.5, 0.6) is 0 Å². The van der Waals surface area contributed by atoms with Gasteiger partial charge in [-0.05, 0) is 11.4 Å². The predicted octanol–water partition coefficient (Wildman–Crippen LogP) is 2.14. The van der Waals surface area contributed by atoms with Gasteiger partial charge in [-0.1, -0.05) is 6.07 Å². The third-order valence-electron chi connectivity index (χ3n) is 1.90. The molecule has 0 aliphatic heterocycles. The van der Waals surface area contributed by atoms with Gasteiger partial charge in [0.25, 0.3) is 0 Å². The molecule has 0 fully saturated rings. The second-order valence-electron chi connectivity index (χ2n) is 3.15. The molecule has 0 radical (unpaired) electrons. The number of rotatable bonds is 4. The molecule has 0 unspecified atom stereocenters. The zero-order valence-corrected chi connectivity index (χ0v) is 9.61. The number of thiazole rings is 1. The van der Waals surface area contributed by atoms with Crippen LogP contribution >= 0.6 is 22.7 Å². The van der Waals surface area contributed by atoms with Gasteiger partial charge in [0.2, 0.25) is 0 Å². The Morgan fingerprint density at radius 2 is 2.27 bits per heavy atom. The Morgan fingerprint density at radius 1 is 1.40 bits per heavy atom. The van der Waals surface area contributed by atoms with Crippen LogP contribution in [0.3, 0.4) is 0 Å². The maximum Gasteiger partial charge on any atom is 0.180 e. The molecule has 0 spiro atoms. The first kappa shape index (κ1) is 10.3. The molecular formula is C10H10N2OS2. The van der Waals surface area contributed by atoms with Crippen LogP contribution in [0, 0.1) is 0 Å². The van der Waals surface area contributed by atoms with Crippen molar-refractivity contribution in [3.63, 3.8) is 0 Å². The van der Waals surface area contributed by atoms with Gasteiger partial charge in [-0.15, -0.1) is 22.7 Å². The minimum absolute atomic E-state index is 0.183. The van der Waals surface area contributed by atoms with Crippen molar-refractivity contribution < 1.29 is 4.79 Å². The molecule has 2 rings (SSSR count). The van der Waals surface area contributed by atoms with Gasteiger partial charge in [0.15, 0.2) is 5.13 Å². The van der Waals surface area contributed by atoms with Crippen molar-refractivity contribution >= 4 is 33.6 Å².